The molecule has 1 aliphatic heterocycles. The van der Waals surface area contributed by atoms with Gasteiger partial charge in [-0.25, -0.2) is 0 Å². The summed E-state index contributed by atoms with van der Waals surface area (Å²) in [6.45, 7) is 4.19. The van der Waals surface area contributed by atoms with E-state index in [0.717, 1.165) is 13.0 Å². The van der Waals surface area contributed by atoms with Crippen molar-refractivity contribution in [2.75, 3.05) is 47.4 Å². The van der Waals surface area contributed by atoms with Crippen molar-refractivity contribution in [1.82, 2.24) is 15.1 Å². The van der Waals surface area contributed by atoms with Gasteiger partial charge in [0.25, 0.3) is 0 Å². The van der Waals surface area contributed by atoms with Crippen molar-refractivity contribution in [2.45, 2.75) is 31.5 Å². The highest BCUT2D eigenvalue weighted by Gasteiger charge is 2.32. The first-order valence-electron chi connectivity index (χ1n) is 6.77. The predicted octanol–water partition coefficient (Wildman–Crippen LogP) is -0.866. The zero-order valence-electron chi connectivity index (χ0n) is 12.4. The minimum atomic E-state index is -0.325. The summed E-state index contributed by atoms with van der Waals surface area (Å²) in [5, 5.41) is 12.6. The number of ether oxygens (including phenoxy) is 1. The average molecular weight is 273 g/mol. The molecule has 1 saturated heterocycles. The summed E-state index contributed by atoms with van der Waals surface area (Å²) in [5.41, 5.74) is 0. The molecular weight excluding hydrogens is 246 g/mol. The van der Waals surface area contributed by atoms with Crippen LogP contribution in [0.3, 0.4) is 0 Å². The zero-order chi connectivity index (χ0) is 14.4. The molecule has 1 heterocycles. The van der Waals surface area contributed by atoms with Crippen LogP contribution >= 0.6 is 0 Å². The van der Waals surface area contributed by atoms with Crippen LogP contribution in [0.5, 0.6) is 0 Å². The molecule has 1 aliphatic rings. The minimum Gasteiger partial charge on any atom is -0.392 e. The molecule has 0 saturated carbocycles. The number of β-amino-alcohol motifs (C(OH)–C–C–N with tert-alkyl or cyclic N) is 1. The summed E-state index contributed by atoms with van der Waals surface area (Å²) in [5.74, 6) is -0.0117. The molecule has 19 heavy (non-hydrogen) atoms. The summed E-state index contributed by atoms with van der Waals surface area (Å²) in [6.07, 6.45) is 0.410. The van der Waals surface area contributed by atoms with Gasteiger partial charge in [0.05, 0.1) is 19.3 Å². The maximum atomic E-state index is 11.9. The second-order valence-electron chi connectivity index (χ2n) is 5.66. The Balaban J connectivity index is 2.42. The van der Waals surface area contributed by atoms with Crippen LogP contribution in [0.2, 0.25) is 0 Å². The lowest BCUT2D eigenvalue weighted by atomic mass is 10.2. The molecule has 3 atom stereocenters. The van der Waals surface area contributed by atoms with Gasteiger partial charge in [-0.05, 0) is 27.4 Å². The van der Waals surface area contributed by atoms with Gasteiger partial charge < -0.3 is 20.1 Å². The molecular formula is C13H27N3O3. The molecule has 0 aromatic rings. The molecule has 0 bridgehead atoms. The standard InChI is InChI=1S/C13H27N3O3/c1-10(9-19-4)14-13(18)8-16-7-12(17)5-11(16)6-15(2)3/h10-12,17H,5-9H2,1-4H3,(H,14,18). The van der Waals surface area contributed by atoms with E-state index in [4.69, 9.17) is 4.74 Å². The molecule has 0 spiro atoms. The fraction of sp³-hybridized carbons (Fsp3) is 0.923. The first kappa shape index (κ1) is 16.4. The van der Waals surface area contributed by atoms with E-state index in [-0.39, 0.29) is 24.1 Å². The number of methoxy groups -OCH3 is 1. The normalized spacial score (nSPS) is 25.8. The second-order valence-corrected chi connectivity index (χ2v) is 5.66. The highest BCUT2D eigenvalue weighted by molar-refractivity contribution is 5.78. The maximum Gasteiger partial charge on any atom is 0.234 e. The summed E-state index contributed by atoms with van der Waals surface area (Å²) in [6, 6.07) is 0.255. The first-order valence-corrected chi connectivity index (χ1v) is 6.77. The monoisotopic (exact) mass is 273 g/mol. The van der Waals surface area contributed by atoms with E-state index in [1.165, 1.54) is 0 Å². The molecule has 6 nitrogen and oxygen atoms in total. The summed E-state index contributed by atoms with van der Waals surface area (Å²) < 4.78 is 4.99. The van der Waals surface area contributed by atoms with Gasteiger partial charge in [0.2, 0.25) is 5.91 Å². The predicted molar refractivity (Wildman–Crippen MR) is 74.0 cm³/mol. The van der Waals surface area contributed by atoms with Gasteiger partial charge in [0.15, 0.2) is 0 Å². The SMILES string of the molecule is COCC(C)NC(=O)CN1CC(O)CC1CN(C)C. The molecule has 6 heteroatoms. The molecule has 0 aromatic carbocycles. The van der Waals surface area contributed by atoms with Crippen LogP contribution in [-0.2, 0) is 9.53 Å². The number of carbonyl (C=O) groups is 1. The Morgan fingerprint density at radius 2 is 2.26 bits per heavy atom. The molecule has 0 radical (unpaired) electrons. The lowest BCUT2D eigenvalue weighted by molar-refractivity contribution is -0.123. The minimum absolute atomic E-state index is 0.0114. The fourth-order valence-corrected chi connectivity index (χ4v) is 2.56. The molecule has 112 valence electrons. The van der Waals surface area contributed by atoms with Crippen molar-refractivity contribution in [2.24, 2.45) is 0 Å². The molecule has 1 amide bonds. The number of nitrogens with one attached hydrogen (secondary N) is 1. The van der Waals surface area contributed by atoms with Gasteiger partial charge in [-0.3, -0.25) is 9.69 Å². The lowest BCUT2D eigenvalue weighted by Gasteiger charge is -2.26. The van der Waals surface area contributed by atoms with E-state index < -0.39 is 0 Å². The van der Waals surface area contributed by atoms with Crippen LogP contribution in [0.15, 0.2) is 0 Å². The van der Waals surface area contributed by atoms with E-state index in [0.29, 0.717) is 19.7 Å². The van der Waals surface area contributed by atoms with Crippen molar-refractivity contribution >= 4 is 5.91 Å². The number of aliphatic hydroxyl groups is 1. The van der Waals surface area contributed by atoms with E-state index in [2.05, 4.69) is 15.1 Å². The second kappa shape index (κ2) is 7.79. The number of hydrogen-bond acceptors (Lipinski definition) is 5. The smallest absolute Gasteiger partial charge is 0.234 e. The Hall–Kier alpha value is -0.690. The third-order valence-electron chi connectivity index (χ3n) is 3.25. The number of aliphatic hydroxyl groups excluding tert-OH is 1. The van der Waals surface area contributed by atoms with E-state index in [9.17, 15) is 9.90 Å². The number of nitrogens with zero attached hydrogens (tertiary/aromatic N) is 2. The molecule has 3 unspecified atom stereocenters. The van der Waals surface area contributed by atoms with E-state index in [1.807, 2.05) is 21.0 Å². The molecule has 1 fully saturated rings. The Morgan fingerprint density at radius 1 is 1.58 bits per heavy atom. The van der Waals surface area contributed by atoms with Gasteiger partial charge in [-0.1, -0.05) is 0 Å². The number of rotatable bonds is 7. The van der Waals surface area contributed by atoms with Crippen LogP contribution in [0.1, 0.15) is 13.3 Å². The Labute approximate surface area is 115 Å². The Kier molecular flexibility index (Phi) is 6.71. The largest absolute Gasteiger partial charge is 0.392 e. The number of carbonyl (C=O) groups excluding carboxylic acids is 1. The Bertz CT molecular complexity index is 286. The molecule has 2 N–H and O–H groups in total. The van der Waals surface area contributed by atoms with E-state index >= 15 is 0 Å². The van der Waals surface area contributed by atoms with Crippen LogP contribution in [-0.4, -0.2) is 86.4 Å². The van der Waals surface area contributed by atoms with Gasteiger partial charge >= 0.3 is 0 Å². The van der Waals surface area contributed by atoms with Gasteiger partial charge in [-0.2, -0.15) is 0 Å². The number of amides is 1. The van der Waals surface area contributed by atoms with Crippen LogP contribution in [0.4, 0.5) is 0 Å². The van der Waals surface area contributed by atoms with Crippen molar-refractivity contribution < 1.29 is 14.6 Å². The highest BCUT2D eigenvalue weighted by atomic mass is 16.5. The fourth-order valence-electron chi connectivity index (χ4n) is 2.56. The number of likely N-dealkylation sites (N-methyl/N-ethyl adjacent to an activating group) is 1. The van der Waals surface area contributed by atoms with Crippen LogP contribution in [0.25, 0.3) is 0 Å². The Morgan fingerprint density at radius 3 is 2.84 bits per heavy atom. The van der Waals surface area contributed by atoms with Crippen LogP contribution < -0.4 is 5.32 Å². The van der Waals surface area contributed by atoms with Gasteiger partial charge in [-0.15, -0.1) is 0 Å². The summed E-state index contributed by atoms with van der Waals surface area (Å²) in [7, 11) is 5.62. The van der Waals surface area contributed by atoms with Crippen molar-refractivity contribution in [3.63, 3.8) is 0 Å². The maximum absolute atomic E-state index is 11.9. The molecule has 1 rings (SSSR count). The van der Waals surface area contributed by atoms with Crippen molar-refractivity contribution in [3.8, 4) is 0 Å². The number of likely N-dealkylation sites (tertiary alicyclic amines) is 1. The van der Waals surface area contributed by atoms with E-state index in [1.54, 1.807) is 7.11 Å². The number of hydrogen-bond donors (Lipinski definition) is 2. The lowest BCUT2D eigenvalue weighted by Crippen LogP contribution is -2.46. The molecule has 0 aromatic heterocycles. The quantitative estimate of drug-likeness (QED) is 0.631. The molecule has 0 aliphatic carbocycles. The van der Waals surface area contributed by atoms with Crippen LogP contribution in [0, 0.1) is 0 Å². The zero-order valence-corrected chi connectivity index (χ0v) is 12.4. The van der Waals surface area contributed by atoms with Gasteiger partial charge in [0, 0.05) is 32.3 Å². The summed E-state index contributed by atoms with van der Waals surface area (Å²) in [4.78, 5) is 16.1. The topological polar surface area (TPSA) is 65.0 Å². The highest BCUT2D eigenvalue weighted by Crippen LogP contribution is 2.17. The third kappa shape index (κ3) is 5.86. The van der Waals surface area contributed by atoms with Crippen molar-refractivity contribution in [1.29, 1.82) is 0 Å². The summed E-state index contributed by atoms with van der Waals surface area (Å²) >= 11 is 0. The van der Waals surface area contributed by atoms with Gasteiger partial charge in [0.1, 0.15) is 0 Å². The first-order chi connectivity index (χ1) is 8.92. The third-order valence-corrected chi connectivity index (χ3v) is 3.25. The van der Waals surface area contributed by atoms with Crippen molar-refractivity contribution in [3.05, 3.63) is 0 Å². The average Bonchev–Trinajstić information content (AvgIpc) is 2.57.